The molecule has 1 aromatic heterocycles. The van der Waals surface area contributed by atoms with Crippen LogP contribution in [-0.4, -0.2) is 49.8 Å². The molecule has 0 aliphatic carbocycles. The molecule has 0 saturated carbocycles. The molecule has 0 radical (unpaired) electrons. The van der Waals surface area contributed by atoms with Gasteiger partial charge in [-0.25, -0.2) is 0 Å². The molecule has 28 heavy (non-hydrogen) atoms. The first-order chi connectivity index (χ1) is 13.8. The number of amides is 1. The molecule has 6 nitrogen and oxygen atoms in total. The van der Waals surface area contributed by atoms with E-state index in [1.165, 1.54) is 12.8 Å². The average molecular weight is 384 g/mol. The first-order valence-electron chi connectivity index (χ1n) is 10.2. The van der Waals surface area contributed by atoms with Crippen LogP contribution in [0, 0.1) is 0 Å². The topological polar surface area (TPSA) is 63.9 Å². The Morgan fingerprint density at radius 1 is 1.21 bits per heavy atom. The SMILES string of the molecule is O=C(NC[C@@H](c1ccco1)N1CCCC1)c1cccc(OC[C@@H]2CCCO2)c1. The van der Waals surface area contributed by atoms with Gasteiger partial charge in [-0.3, -0.25) is 9.69 Å². The molecule has 2 aromatic rings. The van der Waals surface area contributed by atoms with Gasteiger partial charge >= 0.3 is 0 Å². The summed E-state index contributed by atoms with van der Waals surface area (Å²) in [7, 11) is 0. The van der Waals surface area contributed by atoms with Gasteiger partial charge in [0.05, 0.1) is 18.4 Å². The third kappa shape index (κ3) is 4.75. The second-order valence-corrected chi connectivity index (χ2v) is 7.46. The Bertz CT molecular complexity index is 750. The third-order valence-electron chi connectivity index (χ3n) is 5.47. The molecular formula is C22H28N2O4. The maximum absolute atomic E-state index is 12.7. The van der Waals surface area contributed by atoms with E-state index in [2.05, 4.69) is 10.2 Å². The molecule has 6 heteroatoms. The molecule has 1 N–H and O–H groups in total. The van der Waals surface area contributed by atoms with E-state index in [1.807, 2.05) is 30.3 Å². The largest absolute Gasteiger partial charge is 0.491 e. The highest BCUT2D eigenvalue weighted by Gasteiger charge is 2.26. The Morgan fingerprint density at radius 3 is 2.86 bits per heavy atom. The Kier molecular flexibility index (Phi) is 6.29. The van der Waals surface area contributed by atoms with Gasteiger partial charge in [-0.15, -0.1) is 0 Å². The number of hydrogen-bond donors (Lipinski definition) is 1. The van der Waals surface area contributed by atoms with Gasteiger partial charge in [-0.2, -0.15) is 0 Å². The second kappa shape index (κ2) is 9.26. The zero-order valence-electron chi connectivity index (χ0n) is 16.1. The maximum Gasteiger partial charge on any atom is 0.251 e. The van der Waals surface area contributed by atoms with Crippen molar-refractivity contribution in [2.24, 2.45) is 0 Å². The summed E-state index contributed by atoms with van der Waals surface area (Å²) in [5.41, 5.74) is 0.601. The normalized spacial score (nSPS) is 20.9. The number of benzene rings is 1. The lowest BCUT2D eigenvalue weighted by Crippen LogP contribution is -2.36. The number of rotatable bonds is 8. The standard InChI is InChI=1S/C22H28N2O4/c25-22(17-6-3-7-18(14-17)28-16-19-8-4-12-26-19)23-15-20(21-9-5-13-27-21)24-10-1-2-11-24/h3,5-7,9,13-14,19-20H,1-2,4,8,10-12,15-16H2,(H,23,25)/t19-,20-/m0/s1. The molecular weight excluding hydrogens is 356 g/mol. The fraction of sp³-hybridized carbons (Fsp3) is 0.500. The minimum Gasteiger partial charge on any atom is -0.491 e. The van der Waals surface area contributed by atoms with Crippen LogP contribution in [0.5, 0.6) is 5.75 Å². The summed E-state index contributed by atoms with van der Waals surface area (Å²) in [6.07, 6.45) is 6.35. The highest BCUT2D eigenvalue weighted by molar-refractivity contribution is 5.94. The Balaban J connectivity index is 1.35. The molecule has 2 fully saturated rings. The first-order valence-corrected chi connectivity index (χ1v) is 10.2. The van der Waals surface area contributed by atoms with Crippen LogP contribution >= 0.6 is 0 Å². The molecule has 2 saturated heterocycles. The molecule has 4 rings (SSSR count). The Labute approximate surface area is 165 Å². The fourth-order valence-corrected chi connectivity index (χ4v) is 3.93. The summed E-state index contributed by atoms with van der Waals surface area (Å²) < 4.78 is 17.0. The maximum atomic E-state index is 12.7. The Hall–Kier alpha value is -2.31. The lowest BCUT2D eigenvalue weighted by atomic mass is 10.1. The molecule has 1 aromatic carbocycles. The van der Waals surface area contributed by atoms with E-state index in [0.29, 0.717) is 24.5 Å². The van der Waals surface area contributed by atoms with E-state index in [0.717, 1.165) is 38.3 Å². The number of nitrogens with one attached hydrogen (secondary N) is 1. The lowest BCUT2D eigenvalue weighted by Gasteiger charge is -2.26. The van der Waals surface area contributed by atoms with Gasteiger partial charge in [0, 0.05) is 18.7 Å². The summed E-state index contributed by atoms with van der Waals surface area (Å²) in [6, 6.07) is 11.3. The van der Waals surface area contributed by atoms with Gasteiger partial charge in [0.1, 0.15) is 18.1 Å². The summed E-state index contributed by atoms with van der Waals surface area (Å²) in [4.78, 5) is 15.1. The van der Waals surface area contributed by atoms with E-state index in [1.54, 1.807) is 12.3 Å². The highest BCUT2D eigenvalue weighted by atomic mass is 16.5. The minimum atomic E-state index is -0.0988. The van der Waals surface area contributed by atoms with Gasteiger partial charge in [-0.1, -0.05) is 6.07 Å². The molecule has 0 bridgehead atoms. The Morgan fingerprint density at radius 2 is 2.11 bits per heavy atom. The van der Waals surface area contributed by atoms with Crippen molar-refractivity contribution in [1.82, 2.24) is 10.2 Å². The van der Waals surface area contributed by atoms with E-state index in [9.17, 15) is 4.79 Å². The van der Waals surface area contributed by atoms with Crippen molar-refractivity contribution in [3.8, 4) is 5.75 Å². The molecule has 150 valence electrons. The van der Waals surface area contributed by atoms with Crippen LogP contribution in [-0.2, 0) is 4.74 Å². The predicted octanol–water partition coefficient (Wildman–Crippen LogP) is 3.40. The molecule has 2 atom stereocenters. The van der Waals surface area contributed by atoms with Crippen LogP contribution in [0.15, 0.2) is 47.1 Å². The molecule has 2 aliphatic heterocycles. The monoisotopic (exact) mass is 384 g/mol. The molecule has 0 unspecified atom stereocenters. The van der Waals surface area contributed by atoms with Gasteiger partial charge in [0.2, 0.25) is 0 Å². The fourth-order valence-electron chi connectivity index (χ4n) is 3.93. The van der Waals surface area contributed by atoms with Crippen molar-refractivity contribution < 1.29 is 18.7 Å². The van der Waals surface area contributed by atoms with E-state index in [-0.39, 0.29) is 18.1 Å². The zero-order valence-corrected chi connectivity index (χ0v) is 16.1. The van der Waals surface area contributed by atoms with Gasteiger partial charge < -0.3 is 19.2 Å². The summed E-state index contributed by atoms with van der Waals surface area (Å²) in [5, 5.41) is 3.07. The van der Waals surface area contributed by atoms with Crippen LogP contribution in [0.25, 0.3) is 0 Å². The van der Waals surface area contributed by atoms with Crippen LogP contribution in [0.2, 0.25) is 0 Å². The molecule has 2 aliphatic rings. The van der Waals surface area contributed by atoms with Crippen LogP contribution in [0.4, 0.5) is 0 Å². The number of hydrogen-bond acceptors (Lipinski definition) is 5. The van der Waals surface area contributed by atoms with Gasteiger partial charge in [0.25, 0.3) is 5.91 Å². The summed E-state index contributed by atoms with van der Waals surface area (Å²) in [5.74, 6) is 1.50. The zero-order chi connectivity index (χ0) is 19.2. The number of likely N-dealkylation sites (tertiary alicyclic amines) is 1. The number of furan rings is 1. The van der Waals surface area contributed by atoms with Crippen molar-refractivity contribution in [1.29, 1.82) is 0 Å². The van der Waals surface area contributed by atoms with E-state index >= 15 is 0 Å². The number of carbonyl (C=O) groups excluding carboxylic acids is 1. The average Bonchev–Trinajstić information content (AvgIpc) is 3.50. The summed E-state index contributed by atoms with van der Waals surface area (Å²) in [6.45, 7) is 3.93. The number of nitrogens with zero attached hydrogens (tertiary/aromatic N) is 1. The smallest absolute Gasteiger partial charge is 0.251 e. The highest BCUT2D eigenvalue weighted by Crippen LogP contribution is 2.25. The number of carbonyl (C=O) groups is 1. The number of ether oxygens (including phenoxy) is 2. The second-order valence-electron chi connectivity index (χ2n) is 7.46. The van der Waals surface area contributed by atoms with Gasteiger partial charge in [-0.05, 0) is 69.1 Å². The minimum absolute atomic E-state index is 0.0698. The summed E-state index contributed by atoms with van der Waals surface area (Å²) >= 11 is 0. The van der Waals surface area contributed by atoms with Crippen molar-refractivity contribution in [3.63, 3.8) is 0 Å². The molecule has 1 amide bonds. The predicted molar refractivity (Wildman–Crippen MR) is 106 cm³/mol. The lowest BCUT2D eigenvalue weighted by molar-refractivity contribution is 0.0679. The van der Waals surface area contributed by atoms with Gasteiger partial charge in [0.15, 0.2) is 0 Å². The van der Waals surface area contributed by atoms with Crippen LogP contribution in [0.1, 0.15) is 47.8 Å². The van der Waals surface area contributed by atoms with E-state index in [4.69, 9.17) is 13.9 Å². The van der Waals surface area contributed by atoms with Crippen molar-refractivity contribution >= 4 is 5.91 Å². The van der Waals surface area contributed by atoms with Crippen molar-refractivity contribution in [2.75, 3.05) is 32.8 Å². The van der Waals surface area contributed by atoms with Crippen LogP contribution in [0.3, 0.4) is 0 Å². The van der Waals surface area contributed by atoms with Crippen LogP contribution < -0.4 is 10.1 Å². The van der Waals surface area contributed by atoms with Crippen molar-refractivity contribution in [3.05, 3.63) is 54.0 Å². The van der Waals surface area contributed by atoms with Crippen molar-refractivity contribution in [2.45, 2.75) is 37.8 Å². The molecule has 0 spiro atoms. The quantitative estimate of drug-likeness (QED) is 0.756. The first kappa shape index (κ1) is 19.0. The van der Waals surface area contributed by atoms with E-state index < -0.39 is 0 Å². The third-order valence-corrected chi connectivity index (χ3v) is 5.47. The molecule has 3 heterocycles.